The normalized spacial score (nSPS) is 12.8. The van der Waals surface area contributed by atoms with Gasteiger partial charge in [0.25, 0.3) is 0 Å². The largest absolute Gasteiger partial charge is 0.355 e. The van der Waals surface area contributed by atoms with Gasteiger partial charge in [-0.3, -0.25) is 0 Å². The van der Waals surface area contributed by atoms with Crippen LogP contribution in [-0.2, 0) is 0 Å². The summed E-state index contributed by atoms with van der Waals surface area (Å²) in [7, 11) is 0. The van der Waals surface area contributed by atoms with Gasteiger partial charge in [0, 0.05) is 16.9 Å². The lowest BCUT2D eigenvalue weighted by Gasteiger charge is -2.12. The number of rotatable bonds is 4. The Bertz CT molecular complexity index is 629. The van der Waals surface area contributed by atoms with Crippen molar-refractivity contribution in [2.45, 2.75) is 13.3 Å². The van der Waals surface area contributed by atoms with Gasteiger partial charge in [0.2, 0.25) is 0 Å². The van der Waals surface area contributed by atoms with E-state index in [1.807, 2.05) is 0 Å². The van der Waals surface area contributed by atoms with Gasteiger partial charge in [0.15, 0.2) is 0 Å². The Labute approximate surface area is 120 Å². The molecular formula is C18H20N2. The lowest BCUT2D eigenvalue weighted by atomic mass is 9.99. The molecule has 0 fully saturated rings. The van der Waals surface area contributed by atoms with Crippen LogP contribution in [0.25, 0.3) is 11.6 Å². The maximum atomic E-state index is 3.55. The molecular weight excluding hydrogens is 244 g/mol. The fraction of sp³-hybridized carbons (Fsp3) is 0.222. The zero-order valence-electron chi connectivity index (χ0n) is 11.8. The Morgan fingerprint density at radius 1 is 0.950 bits per heavy atom. The second kappa shape index (κ2) is 5.93. The van der Waals surface area contributed by atoms with E-state index < -0.39 is 0 Å². The standard InChI is InChI=1S/C18H20N2/c1-2-19-12-11-14-13-15-7-3-5-9-17(15)20-18-10-6-4-8-16(14)18/h3-10,13,19-20H,2,11-12H2,1H3. The summed E-state index contributed by atoms with van der Waals surface area (Å²) in [6.07, 6.45) is 3.35. The Kier molecular flexibility index (Phi) is 3.84. The molecule has 0 spiro atoms. The number of hydrogen-bond donors (Lipinski definition) is 2. The van der Waals surface area contributed by atoms with E-state index in [-0.39, 0.29) is 0 Å². The third kappa shape index (κ3) is 2.61. The summed E-state index contributed by atoms with van der Waals surface area (Å²) in [4.78, 5) is 0. The predicted octanol–water partition coefficient (Wildman–Crippen LogP) is 4.28. The Morgan fingerprint density at radius 3 is 2.55 bits per heavy atom. The topological polar surface area (TPSA) is 24.1 Å². The molecule has 20 heavy (non-hydrogen) atoms. The smallest absolute Gasteiger partial charge is 0.0460 e. The highest BCUT2D eigenvalue weighted by molar-refractivity contribution is 5.94. The Balaban J connectivity index is 2.02. The summed E-state index contributed by atoms with van der Waals surface area (Å²) in [5.74, 6) is 0. The van der Waals surface area contributed by atoms with E-state index >= 15 is 0 Å². The minimum absolute atomic E-state index is 1.01. The van der Waals surface area contributed by atoms with Crippen LogP contribution in [0.5, 0.6) is 0 Å². The molecule has 2 nitrogen and oxygen atoms in total. The molecule has 2 aromatic rings. The van der Waals surface area contributed by atoms with E-state index in [1.54, 1.807) is 0 Å². The van der Waals surface area contributed by atoms with E-state index in [0.29, 0.717) is 0 Å². The highest BCUT2D eigenvalue weighted by Gasteiger charge is 2.13. The highest BCUT2D eigenvalue weighted by atomic mass is 14.9. The quantitative estimate of drug-likeness (QED) is 0.805. The van der Waals surface area contributed by atoms with Crippen molar-refractivity contribution >= 4 is 23.0 Å². The molecule has 0 aliphatic carbocycles. The number of fused-ring (bicyclic) bond motifs is 2. The Hall–Kier alpha value is -2.06. The molecule has 0 unspecified atom stereocenters. The maximum Gasteiger partial charge on any atom is 0.0460 e. The van der Waals surface area contributed by atoms with Crippen LogP contribution in [0.4, 0.5) is 11.4 Å². The molecule has 102 valence electrons. The first-order valence-electron chi connectivity index (χ1n) is 7.25. The van der Waals surface area contributed by atoms with E-state index in [2.05, 4.69) is 72.2 Å². The lowest BCUT2D eigenvalue weighted by Crippen LogP contribution is -2.14. The molecule has 2 N–H and O–H groups in total. The van der Waals surface area contributed by atoms with Crippen LogP contribution in [0, 0.1) is 0 Å². The minimum Gasteiger partial charge on any atom is -0.355 e. The van der Waals surface area contributed by atoms with E-state index in [9.17, 15) is 0 Å². The molecule has 0 amide bonds. The number of benzene rings is 2. The van der Waals surface area contributed by atoms with Gasteiger partial charge in [0.05, 0.1) is 0 Å². The zero-order valence-corrected chi connectivity index (χ0v) is 11.8. The molecule has 2 heteroatoms. The van der Waals surface area contributed by atoms with Gasteiger partial charge in [-0.1, -0.05) is 43.3 Å². The zero-order chi connectivity index (χ0) is 13.8. The molecule has 0 aromatic heterocycles. The molecule has 1 heterocycles. The number of nitrogens with one attached hydrogen (secondary N) is 2. The molecule has 1 aliphatic heterocycles. The van der Waals surface area contributed by atoms with Crippen LogP contribution in [-0.4, -0.2) is 13.1 Å². The summed E-state index contributed by atoms with van der Waals surface area (Å²) < 4.78 is 0. The summed E-state index contributed by atoms with van der Waals surface area (Å²) in [6.45, 7) is 4.18. The second-order valence-corrected chi connectivity index (χ2v) is 5.03. The van der Waals surface area contributed by atoms with E-state index in [4.69, 9.17) is 0 Å². The van der Waals surface area contributed by atoms with Crippen molar-refractivity contribution in [3.8, 4) is 0 Å². The molecule has 0 saturated carbocycles. The van der Waals surface area contributed by atoms with Crippen LogP contribution in [0.2, 0.25) is 0 Å². The van der Waals surface area contributed by atoms with Crippen LogP contribution >= 0.6 is 0 Å². The molecule has 1 aliphatic rings. The number of anilines is 2. The van der Waals surface area contributed by atoms with Crippen molar-refractivity contribution in [1.82, 2.24) is 5.32 Å². The van der Waals surface area contributed by atoms with Crippen molar-refractivity contribution in [2.75, 3.05) is 18.4 Å². The van der Waals surface area contributed by atoms with Crippen molar-refractivity contribution in [2.24, 2.45) is 0 Å². The van der Waals surface area contributed by atoms with Crippen LogP contribution in [0.3, 0.4) is 0 Å². The third-order valence-corrected chi connectivity index (χ3v) is 3.65. The van der Waals surface area contributed by atoms with E-state index in [1.165, 1.54) is 28.1 Å². The molecule has 2 aromatic carbocycles. The average molecular weight is 264 g/mol. The van der Waals surface area contributed by atoms with Gasteiger partial charge in [-0.25, -0.2) is 0 Å². The van der Waals surface area contributed by atoms with Crippen molar-refractivity contribution in [1.29, 1.82) is 0 Å². The van der Waals surface area contributed by atoms with E-state index in [0.717, 1.165) is 19.5 Å². The summed E-state index contributed by atoms with van der Waals surface area (Å²) in [5.41, 5.74) is 6.33. The monoisotopic (exact) mass is 264 g/mol. The fourth-order valence-corrected chi connectivity index (χ4v) is 2.63. The molecule has 0 bridgehead atoms. The minimum atomic E-state index is 1.01. The van der Waals surface area contributed by atoms with Gasteiger partial charge in [-0.15, -0.1) is 0 Å². The molecule has 0 saturated heterocycles. The highest BCUT2D eigenvalue weighted by Crippen LogP contribution is 2.35. The van der Waals surface area contributed by atoms with Crippen molar-refractivity contribution in [3.05, 3.63) is 59.7 Å². The molecule has 0 radical (unpaired) electrons. The van der Waals surface area contributed by atoms with Gasteiger partial charge in [0.1, 0.15) is 0 Å². The first-order chi connectivity index (χ1) is 9.88. The second-order valence-electron chi connectivity index (χ2n) is 5.03. The van der Waals surface area contributed by atoms with Crippen LogP contribution in [0.1, 0.15) is 24.5 Å². The summed E-state index contributed by atoms with van der Waals surface area (Å²) in [6, 6.07) is 17.0. The van der Waals surface area contributed by atoms with Gasteiger partial charge >= 0.3 is 0 Å². The lowest BCUT2D eigenvalue weighted by molar-refractivity contribution is 0.732. The van der Waals surface area contributed by atoms with Crippen LogP contribution < -0.4 is 10.6 Å². The third-order valence-electron chi connectivity index (χ3n) is 3.65. The Morgan fingerprint density at radius 2 is 1.70 bits per heavy atom. The first kappa shape index (κ1) is 12.9. The molecule has 0 atom stereocenters. The average Bonchev–Trinajstić information content (AvgIpc) is 2.64. The maximum absolute atomic E-state index is 3.55. The fourth-order valence-electron chi connectivity index (χ4n) is 2.63. The van der Waals surface area contributed by atoms with Gasteiger partial charge in [-0.05, 0) is 48.9 Å². The van der Waals surface area contributed by atoms with Crippen LogP contribution in [0.15, 0.2) is 48.5 Å². The van der Waals surface area contributed by atoms with Crippen molar-refractivity contribution < 1.29 is 0 Å². The number of para-hydroxylation sites is 2. The predicted molar refractivity (Wildman–Crippen MR) is 87.2 cm³/mol. The summed E-state index contributed by atoms with van der Waals surface area (Å²) >= 11 is 0. The summed E-state index contributed by atoms with van der Waals surface area (Å²) in [5, 5.41) is 6.96. The van der Waals surface area contributed by atoms with Crippen molar-refractivity contribution in [3.63, 3.8) is 0 Å². The SMILES string of the molecule is CCNCCC1=Cc2ccccc2Nc2ccccc21. The van der Waals surface area contributed by atoms with Gasteiger partial charge < -0.3 is 10.6 Å². The first-order valence-corrected chi connectivity index (χ1v) is 7.25. The number of hydrogen-bond acceptors (Lipinski definition) is 2. The van der Waals surface area contributed by atoms with Gasteiger partial charge in [-0.2, -0.15) is 0 Å². The molecule has 3 rings (SSSR count).